The smallest absolute Gasteiger partial charge is 0.0454 e. The van der Waals surface area contributed by atoms with Gasteiger partial charge in [-0.25, -0.2) is 0 Å². The zero-order valence-corrected chi connectivity index (χ0v) is 12.5. The van der Waals surface area contributed by atoms with Gasteiger partial charge in [-0.05, 0) is 49.1 Å². The maximum absolute atomic E-state index is 6.31. The highest BCUT2D eigenvalue weighted by Crippen LogP contribution is 2.39. The number of rotatable bonds is 6. The van der Waals surface area contributed by atoms with E-state index in [2.05, 4.69) is 34.2 Å². The van der Waals surface area contributed by atoms with Crippen LogP contribution in [-0.2, 0) is 0 Å². The van der Waals surface area contributed by atoms with Crippen LogP contribution in [0.1, 0.15) is 44.2 Å². The molecular weight excluding hydrogens is 298 g/mol. The first-order valence-corrected chi connectivity index (χ1v) is 7.56. The molecule has 3 heteroatoms. The topological polar surface area (TPSA) is 12.0 Å². The summed E-state index contributed by atoms with van der Waals surface area (Å²) in [5, 5.41) is 4.50. The molecule has 1 nitrogen and oxygen atoms in total. The summed E-state index contributed by atoms with van der Waals surface area (Å²) in [5.74, 6) is 0.902. The van der Waals surface area contributed by atoms with Crippen LogP contribution in [-0.4, -0.2) is 6.54 Å². The number of nitrogens with one attached hydrogen (secondary N) is 1. The van der Waals surface area contributed by atoms with Crippen LogP contribution in [0.2, 0.25) is 5.02 Å². The highest BCUT2D eigenvalue weighted by atomic mass is 79.9. The number of halogens is 2. The van der Waals surface area contributed by atoms with Crippen molar-refractivity contribution in [3.05, 3.63) is 33.3 Å². The molecule has 1 atom stereocenters. The first-order valence-electron chi connectivity index (χ1n) is 6.39. The molecular formula is C14H19BrClN. The van der Waals surface area contributed by atoms with Crippen molar-refractivity contribution in [2.24, 2.45) is 5.92 Å². The predicted molar refractivity (Wildman–Crippen MR) is 77.5 cm³/mol. The summed E-state index contributed by atoms with van der Waals surface area (Å²) >= 11 is 9.84. The molecule has 2 rings (SSSR count). The summed E-state index contributed by atoms with van der Waals surface area (Å²) in [7, 11) is 0. The summed E-state index contributed by atoms with van der Waals surface area (Å²) in [4.78, 5) is 0. The molecule has 17 heavy (non-hydrogen) atoms. The lowest BCUT2D eigenvalue weighted by atomic mass is 10.0. The van der Waals surface area contributed by atoms with Gasteiger partial charge in [0.2, 0.25) is 0 Å². The molecule has 0 saturated heterocycles. The van der Waals surface area contributed by atoms with Gasteiger partial charge in [-0.15, -0.1) is 0 Å². The summed E-state index contributed by atoms with van der Waals surface area (Å²) in [5.41, 5.74) is 1.24. The van der Waals surface area contributed by atoms with Crippen molar-refractivity contribution in [2.75, 3.05) is 6.54 Å². The lowest BCUT2D eigenvalue weighted by molar-refractivity contribution is 0.474. The minimum Gasteiger partial charge on any atom is -0.310 e. The summed E-state index contributed by atoms with van der Waals surface area (Å²) in [6, 6.07) is 6.54. The average molecular weight is 317 g/mol. The van der Waals surface area contributed by atoms with E-state index >= 15 is 0 Å². The van der Waals surface area contributed by atoms with E-state index in [0.717, 1.165) is 28.4 Å². The van der Waals surface area contributed by atoms with Crippen molar-refractivity contribution in [3.63, 3.8) is 0 Å². The largest absolute Gasteiger partial charge is 0.310 e. The Morgan fingerprint density at radius 3 is 2.88 bits per heavy atom. The summed E-state index contributed by atoms with van der Waals surface area (Å²) in [6.45, 7) is 3.25. The van der Waals surface area contributed by atoms with Crippen LogP contribution >= 0.6 is 27.5 Å². The third-order valence-corrected chi connectivity index (χ3v) is 4.08. The van der Waals surface area contributed by atoms with E-state index in [1.807, 2.05) is 12.1 Å². The molecule has 0 aromatic heterocycles. The normalized spacial score (nSPS) is 17.1. The average Bonchev–Trinajstić information content (AvgIpc) is 3.11. The molecule has 1 fully saturated rings. The van der Waals surface area contributed by atoms with E-state index in [0.29, 0.717) is 6.04 Å². The van der Waals surface area contributed by atoms with Gasteiger partial charge < -0.3 is 5.32 Å². The molecule has 1 aromatic rings. The number of hydrogen-bond acceptors (Lipinski definition) is 1. The van der Waals surface area contributed by atoms with Crippen molar-refractivity contribution in [2.45, 2.75) is 38.6 Å². The van der Waals surface area contributed by atoms with Gasteiger partial charge in [0.15, 0.2) is 0 Å². The number of benzene rings is 1. The van der Waals surface area contributed by atoms with Crippen LogP contribution in [0.5, 0.6) is 0 Å². The van der Waals surface area contributed by atoms with E-state index in [1.165, 1.54) is 24.8 Å². The Balaban J connectivity index is 2.13. The SMILES string of the molecule is CCCNC(CC1CC1)c1cc(Br)ccc1Cl. The molecule has 0 radical (unpaired) electrons. The molecule has 0 aliphatic heterocycles. The molecule has 1 aliphatic rings. The van der Waals surface area contributed by atoms with E-state index < -0.39 is 0 Å². The predicted octanol–water partition coefficient (Wildman–Crippen LogP) is 4.94. The Morgan fingerprint density at radius 1 is 1.47 bits per heavy atom. The van der Waals surface area contributed by atoms with Gasteiger partial charge >= 0.3 is 0 Å². The van der Waals surface area contributed by atoms with Gasteiger partial charge in [0.1, 0.15) is 0 Å². The van der Waals surface area contributed by atoms with Gasteiger partial charge in [-0.3, -0.25) is 0 Å². The maximum atomic E-state index is 6.31. The van der Waals surface area contributed by atoms with Crippen LogP contribution in [0.15, 0.2) is 22.7 Å². The molecule has 1 saturated carbocycles. The van der Waals surface area contributed by atoms with E-state index in [1.54, 1.807) is 0 Å². The molecule has 0 bridgehead atoms. The highest BCUT2D eigenvalue weighted by molar-refractivity contribution is 9.10. The lowest BCUT2D eigenvalue weighted by Crippen LogP contribution is -2.23. The van der Waals surface area contributed by atoms with Gasteiger partial charge in [-0.2, -0.15) is 0 Å². The molecule has 1 aliphatic carbocycles. The lowest BCUT2D eigenvalue weighted by Gasteiger charge is -2.20. The molecule has 1 aromatic carbocycles. The van der Waals surface area contributed by atoms with E-state index in [9.17, 15) is 0 Å². The fourth-order valence-corrected chi connectivity index (χ4v) is 2.74. The van der Waals surface area contributed by atoms with Gasteiger partial charge in [-0.1, -0.05) is 47.3 Å². The second-order valence-electron chi connectivity index (χ2n) is 4.85. The zero-order chi connectivity index (χ0) is 12.3. The standard InChI is InChI=1S/C14H19BrClN/c1-2-7-17-14(8-10-3-4-10)12-9-11(15)5-6-13(12)16/h5-6,9-10,14,17H,2-4,7-8H2,1H3. The Morgan fingerprint density at radius 2 is 2.24 bits per heavy atom. The van der Waals surface area contributed by atoms with Crippen molar-refractivity contribution in [1.82, 2.24) is 5.32 Å². The highest BCUT2D eigenvalue weighted by Gasteiger charge is 2.27. The van der Waals surface area contributed by atoms with Crippen molar-refractivity contribution < 1.29 is 0 Å². The van der Waals surface area contributed by atoms with Crippen LogP contribution in [0, 0.1) is 5.92 Å². The van der Waals surface area contributed by atoms with E-state index in [-0.39, 0.29) is 0 Å². The Bertz CT molecular complexity index is 376. The minimum atomic E-state index is 0.410. The van der Waals surface area contributed by atoms with Crippen LogP contribution in [0.25, 0.3) is 0 Å². The molecule has 0 spiro atoms. The monoisotopic (exact) mass is 315 g/mol. The van der Waals surface area contributed by atoms with Crippen LogP contribution in [0.3, 0.4) is 0 Å². The Labute approximate surface area is 117 Å². The third-order valence-electron chi connectivity index (χ3n) is 3.24. The second kappa shape index (κ2) is 6.21. The first-order chi connectivity index (χ1) is 8.20. The minimum absolute atomic E-state index is 0.410. The Hall–Kier alpha value is -0.0500. The van der Waals surface area contributed by atoms with Crippen molar-refractivity contribution in [1.29, 1.82) is 0 Å². The van der Waals surface area contributed by atoms with Crippen molar-refractivity contribution in [3.8, 4) is 0 Å². The Kier molecular flexibility index (Phi) is 4.89. The number of hydrogen-bond donors (Lipinski definition) is 1. The van der Waals surface area contributed by atoms with Crippen LogP contribution in [0.4, 0.5) is 0 Å². The summed E-state index contributed by atoms with van der Waals surface area (Å²) in [6.07, 6.45) is 5.15. The quantitative estimate of drug-likeness (QED) is 0.783. The molecule has 0 heterocycles. The van der Waals surface area contributed by atoms with E-state index in [4.69, 9.17) is 11.6 Å². The maximum Gasteiger partial charge on any atom is 0.0454 e. The zero-order valence-electron chi connectivity index (χ0n) is 10.2. The third kappa shape index (κ3) is 3.97. The molecule has 1 unspecified atom stereocenters. The van der Waals surface area contributed by atoms with Gasteiger partial charge in [0, 0.05) is 15.5 Å². The summed E-state index contributed by atoms with van der Waals surface area (Å²) < 4.78 is 1.11. The van der Waals surface area contributed by atoms with Gasteiger partial charge in [0.05, 0.1) is 0 Å². The van der Waals surface area contributed by atoms with Gasteiger partial charge in [0.25, 0.3) is 0 Å². The second-order valence-corrected chi connectivity index (χ2v) is 6.17. The molecule has 1 N–H and O–H groups in total. The fourth-order valence-electron chi connectivity index (χ4n) is 2.11. The van der Waals surface area contributed by atoms with Crippen LogP contribution < -0.4 is 5.32 Å². The molecule has 94 valence electrons. The fraction of sp³-hybridized carbons (Fsp3) is 0.571. The first kappa shape index (κ1) is 13.4. The van der Waals surface area contributed by atoms with Crippen molar-refractivity contribution >= 4 is 27.5 Å². The molecule has 0 amide bonds.